The Balaban J connectivity index is 1.38. The van der Waals surface area contributed by atoms with Crippen LogP contribution in [0, 0.1) is 0 Å². The van der Waals surface area contributed by atoms with E-state index in [0.717, 1.165) is 21.6 Å². The van der Waals surface area contributed by atoms with Gasteiger partial charge in [-0.2, -0.15) is 22.5 Å². The fourth-order valence-electron chi connectivity index (χ4n) is 3.12. The van der Waals surface area contributed by atoms with E-state index in [9.17, 15) is 22.8 Å². The molecule has 164 valence electrons. The number of pyridine rings is 1. The zero-order valence-electron chi connectivity index (χ0n) is 15.8. The third kappa shape index (κ3) is 4.42. The van der Waals surface area contributed by atoms with Crippen LogP contribution in [-0.2, 0) is 17.5 Å². The Bertz CT molecular complexity index is 1140. The number of rotatable bonds is 4. The Kier molecular flexibility index (Phi) is 5.71. The van der Waals surface area contributed by atoms with E-state index >= 15 is 0 Å². The molecule has 1 aliphatic rings. The molecule has 9 nitrogen and oxygen atoms in total. The first-order valence-corrected chi connectivity index (χ1v) is 10.3. The molecule has 0 saturated carbocycles. The molecule has 0 atom stereocenters. The van der Waals surface area contributed by atoms with Crippen LogP contribution in [-0.4, -0.2) is 61.8 Å². The van der Waals surface area contributed by atoms with E-state index in [1.165, 1.54) is 11.3 Å². The largest absolute Gasteiger partial charge is 0.417 e. The first-order chi connectivity index (χ1) is 14.7. The number of nitrogens with zero attached hydrogens (tertiary/aromatic N) is 7. The van der Waals surface area contributed by atoms with Gasteiger partial charge in [-0.1, -0.05) is 11.6 Å². The van der Waals surface area contributed by atoms with Crippen molar-refractivity contribution in [2.75, 3.05) is 31.1 Å². The third-order valence-electron chi connectivity index (χ3n) is 4.72. The highest BCUT2D eigenvalue weighted by Crippen LogP contribution is 2.33. The second kappa shape index (κ2) is 8.30. The van der Waals surface area contributed by atoms with Gasteiger partial charge >= 0.3 is 11.9 Å². The predicted molar refractivity (Wildman–Crippen MR) is 107 cm³/mol. The maximum Gasteiger partial charge on any atom is 0.417 e. The van der Waals surface area contributed by atoms with Crippen LogP contribution < -0.4 is 10.6 Å². The summed E-state index contributed by atoms with van der Waals surface area (Å²) in [6.45, 7) is 1.00. The van der Waals surface area contributed by atoms with E-state index < -0.39 is 17.4 Å². The lowest BCUT2D eigenvalue weighted by molar-refractivity contribution is -0.138. The van der Waals surface area contributed by atoms with Gasteiger partial charge < -0.3 is 9.80 Å². The number of alkyl halides is 3. The van der Waals surface area contributed by atoms with Crippen molar-refractivity contribution >= 4 is 34.7 Å². The van der Waals surface area contributed by atoms with E-state index in [-0.39, 0.29) is 23.3 Å². The molecule has 14 heteroatoms. The molecule has 1 aliphatic heterocycles. The minimum atomic E-state index is -4.52. The number of tetrazole rings is 1. The predicted octanol–water partition coefficient (Wildman–Crippen LogP) is 1.91. The summed E-state index contributed by atoms with van der Waals surface area (Å²) in [4.78, 5) is 32.1. The van der Waals surface area contributed by atoms with E-state index in [2.05, 4.69) is 15.4 Å². The fourth-order valence-corrected chi connectivity index (χ4v) is 4.07. The highest BCUT2D eigenvalue weighted by Gasteiger charge is 2.32. The summed E-state index contributed by atoms with van der Waals surface area (Å²) in [5.74, 6) is -0.0802. The number of amides is 1. The summed E-state index contributed by atoms with van der Waals surface area (Å²) in [5, 5.41) is 9.83. The summed E-state index contributed by atoms with van der Waals surface area (Å²) < 4.78 is 40.4. The smallest absolute Gasteiger partial charge is 0.352 e. The van der Waals surface area contributed by atoms with Crippen LogP contribution in [0.3, 0.4) is 0 Å². The van der Waals surface area contributed by atoms with E-state index in [1.54, 1.807) is 27.3 Å². The van der Waals surface area contributed by atoms with Crippen LogP contribution in [0.25, 0.3) is 5.00 Å². The summed E-state index contributed by atoms with van der Waals surface area (Å²) in [6, 6.07) is 4.32. The van der Waals surface area contributed by atoms with Crippen LogP contribution >= 0.6 is 22.9 Å². The average Bonchev–Trinajstić information content (AvgIpc) is 3.38. The summed E-state index contributed by atoms with van der Waals surface area (Å²) >= 11 is 7.32. The number of aromatic nitrogens is 5. The molecule has 0 radical (unpaired) electrons. The quantitative estimate of drug-likeness (QED) is 0.575. The van der Waals surface area contributed by atoms with Crippen LogP contribution in [0.1, 0.15) is 5.56 Å². The minimum Gasteiger partial charge on any atom is -0.352 e. The van der Waals surface area contributed by atoms with Gasteiger partial charge in [0.25, 0.3) is 0 Å². The molecule has 0 unspecified atom stereocenters. The Morgan fingerprint density at radius 3 is 2.55 bits per heavy atom. The minimum absolute atomic E-state index is 0.105. The van der Waals surface area contributed by atoms with Gasteiger partial charge in [0.15, 0.2) is 0 Å². The fraction of sp³-hybridized carbons (Fsp3) is 0.353. The van der Waals surface area contributed by atoms with Gasteiger partial charge in [0.1, 0.15) is 17.4 Å². The van der Waals surface area contributed by atoms with Crippen molar-refractivity contribution in [2.45, 2.75) is 12.7 Å². The standard InChI is InChI=1S/C17H15ClF3N7O2S/c18-12-8-11(17(19,20)21)9-22-15(12)26-5-3-25(4-6-26)13(29)10-27-16(30)28(24-23-27)14-2-1-7-31-14/h1-2,7-9H,3-6,10H2. The molecule has 1 amide bonds. The number of thiophene rings is 1. The van der Waals surface area contributed by atoms with Crippen molar-refractivity contribution < 1.29 is 18.0 Å². The van der Waals surface area contributed by atoms with Gasteiger partial charge in [-0.25, -0.2) is 9.78 Å². The maximum atomic E-state index is 12.8. The molecule has 3 aromatic heterocycles. The monoisotopic (exact) mass is 473 g/mol. The van der Waals surface area contributed by atoms with Crippen LogP contribution in [0.2, 0.25) is 5.02 Å². The molecule has 1 saturated heterocycles. The number of carbonyl (C=O) groups is 1. The van der Waals surface area contributed by atoms with E-state index in [4.69, 9.17) is 11.6 Å². The van der Waals surface area contributed by atoms with Gasteiger partial charge in [0.2, 0.25) is 5.91 Å². The number of hydrogen-bond donors (Lipinski definition) is 0. The van der Waals surface area contributed by atoms with Crippen LogP contribution in [0.4, 0.5) is 19.0 Å². The lowest BCUT2D eigenvalue weighted by atomic mass is 10.2. The number of piperazine rings is 1. The van der Waals surface area contributed by atoms with Crippen molar-refractivity contribution in [3.63, 3.8) is 0 Å². The molecular formula is C17H15ClF3N7O2S. The molecule has 3 aromatic rings. The Labute approximate surface area is 182 Å². The Morgan fingerprint density at radius 1 is 1.19 bits per heavy atom. The lowest BCUT2D eigenvalue weighted by Gasteiger charge is -2.35. The Morgan fingerprint density at radius 2 is 1.94 bits per heavy atom. The van der Waals surface area contributed by atoms with Crippen molar-refractivity contribution in [1.29, 1.82) is 0 Å². The van der Waals surface area contributed by atoms with Crippen molar-refractivity contribution in [2.24, 2.45) is 0 Å². The highest BCUT2D eigenvalue weighted by molar-refractivity contribution is 7.12. The zero-order valence-corrected chi connectivity index (χ0v) is 17.4. The number of anilines is 1. The number of carbonyl (C=O) groups excluding carboxylic acids is 1. The van der Waals surface area contributed by atoms with Crippen LogP contribution in [0.5, 0.6) is 0 Å². The number of hydrogen-bond acceptors (Lipinski definition) is 7. The zero-order chi connectivity index (χ0) is 22.2. The SMILES string of the molecule is O=C(Cn1nnn(-c2cccs2)c1=O)N1CCN(c2ncc(C(F)(F)F)cc2Cl)CC1. The van der Waals surface area contributed by atoms with Gasteiger partial charge in [-0.05, 0) is 34.0 Å². The maximum absolute atomic E-state index is 12.8. The topological polar surface area (TPSA) is 89.1 Å². The molecule has 0 N–H and O–H groups in total. The Hall–Kier alpha value is -2.93. The van der Waals surface area contributed by atoms with E-state index in [1.807, 2.05) is 0 Å². The van der Waals surface area contributed by atoms with Crippen molar-refractivity contribution in [3.05, 3.63) is 50.8 Å². The molecule has 31 heavy (non-hydrogen) atoms. The molecule has 0 aliphatic carbocycles. The molecule has 0 bridgehead atoms. The van der Waals surface area contributed by atoms with Crippen molar-refractivity contribution in [1.82, 2.24) is 29.7 Å². The summed E-state index contributed by atoms with van der Waals surface area (Å²) in [5.41, 5.74) is -1.44. The summed E-state index contributed by atoms with van der Waals surface area (Å²) in [7, 11) is 0. The van der Waals surface area contributed by atoms with Crippen molar-refractivity contribution in [3.8, 4) is 5.00 Å². The first-order valence-electron chi connectivity index (χ1n) is 9.06. The van der Waals surface area contributed by atoms with Gasteiger partial charge in [0, 0.05) is 32.4 Å². The van der Waals surface area contributed by atoms with Gasteiger partial charge in [-0.3, -0.25) is 4.79 Å². The third-order valence-corrected chi connectivity index (χ3v) is 5.84. The van der Waals surface area contributed by atoms with Gasteiger partial charge in [-0.15, -0.1) is 11.3 Å². The normalized spacial score (nSPS) is 14.8. The molecule has 0 spiro atoms. The molecule has 1 fully saturated rings. The van der Waals surface area contributed by atoms with Crippen LogP contribution in [0.15, 0.2) is 34.6 Å². The van der Waals surface area contributed by atoms with E-state index in [0.29, 0.717) is 31.2 Å². The highest BCUT2D eigenvalue weighted by atomic mass is 35.5. The molecular weight excluding hydrogens is 459 g/mol. The van der Waals surface area contributed by atoms with Gasteiger partial charge in [0.05, 0.1) is 10.6 Å². The summed E-state index contributed by atoms with van der Waals surface area (Å²) in [6.07, 6.45) is -3.79. The first kappa shape index (κ1) is 21.3. The molecule has 4 heterocycles. The second-order valence-electron chi connectivity index (χ2n) is 6.68. The number of halogens is 4. The molecule has 0 aromatic carbocycles. The average molecular weight is 474 g/mol. The lowest BCUT2D eigenvalue weighted by Crippen LogP contribution is -2.50. The molecule has 4 rings (SSSR count). The second-order valence-corrected chi connectivity index (χ2v) is 8.01.